The summed E-state index contributed by atoms with van der Waals surface area (Å²) in [6.07, 6.45) is 1.44. The molecule has 0 spiro atoms. The number of ether oxygens (including phenoxy) is 1. The standard InChI is InChI=1S/C15H22N2O3/c1-20-11-5-9-16-14(18)8-10-17-15(19)12-13-6-3-2-4-7-13/h2-4,6-7H,5,8-12H2,1H3,(H,16,18)(H,17,19). The summed E-state index contributed by atoms with van der Waals surface area (Å²) in [6.45, 7) is 1.60. The third kappa shape index (κ3) is 7.53. The Morgan fingerprint density at radius 2 is 1.75 bits per heavy atom. The molecule has 0 radical (unpaired) electrons. The average molecular weight is 278 g/mol. The van der Waals surface area contributed by atoms with Gasteiger partial charge in [-0.2, -0.15) is 0 Å². The highest BCUT2D eigenvalue weighted by atomic mass is 16.5. The number of rotatable bonds is 9. The van der Waals surface area contributed by atoms with Gasteiger partial charge >= 0.3 is 0 Å². The Balaban J connectivity index is 2.08. The average Bonchev–Trinajstić information content (AvgIpc) is 2.45. The van der Waals surface area contributed by atoms with Crippen molar-refractivity contribution in [2.75, 3.05) is 26.8 Å². The zero-order valence-electron chi connectivity index (χ0n) is 11.9. The van der Waals surface area contributed by atoms with Crippen LogP contribution in [0.1, 0.15) is 18.4 Å². The van der Waals surface area contributed by atoms with E-state index in [1.54, 1.807) is 7.11 Å². The summed E-state index contributed by atoms with van der Waals surface area (Å²) < 4.78 is 4.88. The maximum absolute atomic E-state index is 11.6. The van der Waals surface area contributed by atoms with Crippen molar-refractivity contribution >= 4 is 11.8 Å². The summed E-state index contributed by atoms with van der Waals surface area (Å²) in [7, 11) is 1.63. The molecule has 1 aromatic carbocycles. The molecule has 20 heavy (non-hydrogen) atoms. The normalized spacial score (nSPS) is 10.1. The minimum Gasteiger partial charge on any atom is -0.385 e. The molecule has 110 valence electrons. The van der Waals surface area contributed by atoms with Crippen LogP contribution in [-0.2, 0) is 20.7 Å². The van der Waals surface area contributed by atoms with Crippen LogP contribution in [0.4, 0.5) is 0 Å². The van der Waals surface area contributed by atoms with Crippen LogP contribution in [0.5, 0.6) is 0 Å². The number of hydrogen-bond acceptors (Lipinski definition) is 3. The molecule has 1 aromatic rings. The molecule has 5 nitrogen and oxygen atoms in total. The Labute approximate surface area is 119 Å². The first kappa shape index (κ1) is 16.2. The lowest BCUT2D eigenvalue weighted by molar-refractivity contribution is -0.122. The molecule has 0 heterocycles. The molecular weight excluding hydrogens is 256 g/mol. The van der Waals surface area contributed by atoms with Gasteiger partial charge in [0.05, 0.1) is 6.42 Å². The third-order valence-corrected chi connectivity index (χ3v) is 2.73. The largest absolute Gasteiger partial charge is 0.385 e. The monoisotopic (exact) mass is 278 g/mol. The molecule has 5 heteroatoms. The molecule has 0 atom stereocenters. The van der Waals surface area contributed by atoms with E-state index in [1.165, 1.54) is 0 Å². The molecule has 0 unspecified atom stereocenters. The van der Waals surface area contributed by atoms with Gasteiger partial charge in [-0.05, 0) is 12.0 Å². The Hall–Kier alpha value is -1.88. The van der Waals surface area contributed by atoms with Crippen LogP contribution < -0.4 is 10.6 Å². The summed E-state index contributed by atoms with van der Waals surface area (Å²) in [5, 5.41) is 5.51. The van der Waals surface area contributed by atoms with Gasteiger partial charge in [-0.3, -0.25) is 9.59 Å². The number of carbonyl (C=O) groups excluding carboxylic acids is 2. The highest BCUT2D eigenvalue weighted by molar-refractivity contribution is 5.80. The molecule has 1 rings (SSSR count). The Bertz CT molecular complexity index is 407. The maximum Gasteiger partial charge on any atom is 0.224 e. The van der Waals surface area contributed by atoms with Crippen LogP contribution in [0.15, 0.2) is 30.3 Å². The van der Waals surface area contributed by atoms with Gasteiger partial charge in [-0.25, -0.2) is 0 Å². The topological polar surface area (TPSA) is 67.4 Å². The van der Waals surface area contributed by atoms with Crippen LogP contribution in [-0.4, -0.2) is 38.6 Å². The van der Waals surface area contributed by atoms with Gasteiger partial charge in [0.1, 0.15) is 0 Å². The van der Waals surface area contributed by atoms with Gasteiger partial charge < -0.3 is 15.4 Å². The quantitative estimate of drug-likeness (QED) is 0.659. The number of benzene rings is 1. The summed E-state index contributed by atoms with van der Waals surface area (Å²) >= 11 is 0. The second kappa shape index (κ2) is 9.97. The van der Waals surface area contributed by atoms with Gasteiger partial charge in [-0.15, -0.1) is 0 Å². The first-order valence-electron chi connectivity index (χ1n) is 6.78. The summed E-state index contributed by atoms with van der Waals surface area (Å²) in [5.74, 6) is -0.121. The summed E-state index contributed by atoms with van der Waals surface area (Å²) in [5.41, 5.74) is 0.967. The van der Waals surface area contributed by atoms with Gasteiger partial charge in [0.15, 0.2) is 0 Å². The van der Waals surface area contributed by atoms with Crippen LogP contribution in [0.25, 0.3) is 0 Å². The first-order chi connectivity index (χ1) is 9.72. The van der Waals surface area contributed by atoms with E-state index in [1.807, 2.05) is 30.3 Å². The van der Waals surface area contributed by atoms with E-state index in [-0.39, 0.29) is 11.8 Å². The van der Waals surface area contributed by atoms with Crippen molar-refractivity contribution in [2.45, 2.75) is 19.3 Å². The van der Waals surface area contributed by atoms with Crippen molar-refractivity contribution in [3.05, 3.63) is 35.9 Å². The fourth-order valence-corrected chi connectivity index (χ4v) is 1.69. The molecule has 0 aliphatic rings. The minimum absolute atomic E-state index is 0.0545. The number of methoxy groups -OCH3 is 1. The Morgan fingerprint density at radius 1 is 1.05 bits per heavy atom. The third-order valence-electron chi connectivity index (χ3n) is 2.73. The number of nitrogens with one attached hydrogen (secondary N) is 2. The van der Waals surface area contributed by atoms with Gasteiger partial charge in [0, 0.05) is 33.2 Å². The molecule has 0 saturated heterocycles. The lowest BCUT2D eigenvalue weighted by atomic mass is 10.1. The van der Waals surface area contributed by atoms with E-state index in [0.29, 0.717) is 32.5 Å². The molecule has 2 amide bonds. The molecule has 0 aliphatic carbocycles. The van der Waals surface area contributed by atoms with Crippen molar-refractivity contribution in [3.63, 3.8) is 0 Å². The van der Waals surface area contributed by atoms with E-state index >= 15 is 0 Å². The highest BCUT2D eigenvalue weighted by Gasteiger charge is 2.04. The Morgan fingerprint density at radius 3 is 2.45 bits per heavy atom. The fraction of sp³-hybridized carbons (Fsp3) is 0.467. The zero-order chi connectivity index (χ0) is 14.6. The molecule has 0 bridgehead atoms. The van der Waals surface area contributed by atoms with Crippen LogP contribution in [0.3, 0.4) is 0 Å². The van der Waals surface area contributed by atoms with Crippen molar-refractivity contribution in [3.8, 4) is 0 Å². The highest BCUT2D eigenvalue weighted by Crippen LogP contribution is 1.98. The van der Waals surface area contributed by atoms with Crippen LogP contribution in [0.2, 0.25) is 0 Å². The zero-order valence-corrected chi connectivity index (χ0v) is 11.9. The molecule has 0 fully saturated rings. The second-order valence-corrected chi connectivity index (χ2v) is 4.46. The smallest absolute Gasteiger partial charge is 0.224 e. The van der Waals surface area contributed by atoms with Crippen LogP contribution >= 0.6 is 0 Å². The first-order valence-corrected chi connectivity index (χ1v) is 6.78. The van der Waals surface area contributed by atoms with Crippen LogP contribution in [0, 0.1) is 0 Å². The molecular formula is C15H22N2O3. The summed E-state index contributed by atoms with van der Waals surface area (Å²) in [4.78, 5) is 23.1. The predicted octanol–water partition coefficient (Wildman–Crippen LogP) is 0.888. The van der Waals surface area contributed by atoms with Crippen molar-refractivity contribution < 1.29 is 14.3 Å². The van der Waals surface area contributed by atoms with E-state index in [2.05, 4.69) is 10.6 Å². The number of hydrogen-bond donors (Lipinski definition) is 2. The fourth-order valence-electron chi connectivity index (χ4n) is 1.69. The van der Waals surface area contributed by atoms with Crippen molar-refractivity contribution in [1.29, 1.82) is 0 Å². The van der Waals surface area contributed by atoms with E-state index < -0.39 is 0 Å². The molecule has 0 aromatic heterocycles. The predicted molar refractivity (Wildman–Crippen MR) is 77.3 cm³/mol. The lowest BCUT2D eigenvalue weighted by Crippen LogP contribution is -2.32. The molecule has 0 aliphatic heterocycles. The number of amides is 2. The molecule has 2 N–H and O–H groups in total. The minimum atomic E-state index is -0.0663. The lowest BCUT2D eigenvalue weighted by Gasteiger charge is -2.06. The number of carbonyl (C=O) groups is 2. The van der Waals surface area contributed by atoms with Gasteiger partial charge in [0.2, 0.25) is 11.8 Å². The summed E-state index contributed by atoms with van der Waals surface area (Å²) in [6, 6.07) is 9.52. The van der Waals surface area contributed by atoms with Gasteiger partial charge in [-0.1, -0.05) is 30.3 Å². The van der Waals surface area contributed by atoms with Gasteiger partial charge in [0.25, 0.3) is 0 Å². The second-order valence-electron chi connectivity index (χ2n) is 4.46. The molecule has 0 saturated carbocycles. The SMILES string of the molecule is COCCCNC(=O)CCNC(=O)Cc1ccccc1. The van der Waals surface area contributed by atoms with Crippen molar-refractivity contribution in [1.82, 2.24) is 10.6 Å². The Kier molecular flexibility index (Phi) is 8.07. The van der Waals surface area contributed by atoms with E-state index in [4.69, 9.17) is 4.74 Å². The van der Waals surface area contributed by atoms with Crippen molar-refractivity contribution in [2.24, 2.45) is 0 Å². The van der Waals surface area contributed by atoms with E-state index in [9.17, 15) is 9.59 Å². The maximum atomic E-state index is 11.6. The van der Waals surface area contributed by atoms with E-state index in [0.717, 1.165) is 12.0 Å².